The monoisotopic (exact) mass is 629 g/mol. The van der Waals surface area contributed by atoms with Crippen LogP contribution >= 0.6 is 0 Å². The minimum atomic E-state index is -5.08. The number of carboxylic acids is 1. The van der Waals surface area contributed by atoms with Crippen LogP contribution in [0.5, 0.6) is 0 Å². The molecule has 0 spiro atoms. The average molecular weight is 630 g/mol. The molecule has 0 saturated carbocycles. The molecule has 0 atom stereocenters. The summed E-state index contributed by atoms with van der Waals surface area (Å²) in [4.78, 5) is 12.3. The molecule has 2 aromatic carbocycles. The van der Waals surface area contributed by atoms with Crippen LogP contribution in [0.4, 0.5) is 49.2 Å². The standard InChI is InChI=1S/C20H20F3N5O4S2.C2HF3O2/c1-24-33(29,30)17-9-5-3-7-14(17)27-16-11-19(26-12-13(16)20(21,22)23)28-15-8-4-6-10-18(15)34(31,32)25-2;3-2(4,5)1(6)7/h3-12,24-25H,1-2H3,(H2,26,27,28);(H,6,7). The number of carboxylic acid groups (broad SMARTS) is 1. The van der Waals surface area contributed by atoms with Gasteiger partial charge in [-0.2, -0.15) is 26.3 Å². The van der Waals surface area contributed by atoms with Crippen LogP contribution in [0.1, 0.15) is 5.56 Å². The third kappa shape index (κ3) is 8.77. The highest BCUT2D eigenvalue weighted by molar-refractivity contribution is 7.90. The molecule has 0 aliphatic rings. The van der Waals surface area contributed by atoms with Gasteiger partial charge in [-0.25, -0.2) is 36.1 Å². The van der Waals surface area contributed by atoms with Crippen molar-refractivity contribution in [2.75, 3.05) is 24.7 Å². The van der Waals surface area contributed by atoms with E-state index in [9.17, 15) is 43.2 Å². The Morgan fingerprint density at radius 1 is 0.756 bits per heavy atom. The highest BCUT2D eigenvalue weighted by atomic mass is 32.2. The van der Waals surface area contributed by atoms with Gasteiger partial charge in [-0.15, -0.1) is 0 Å². The number of sulfonamides is 2. The first-order chi connectivity index (χ1) is 18.8. The van der Waals surface area contributed by atoms with Crippen molar-refractivity contribution >= 4 is 48.9 Å². The fourth-order valence-corrected chi connectivity index (χ4v) is 4.74. The van der Waals surface area contributed by atoms with Crippen LogP contribution in [-0.4, -0.2) is 53.2 Å². The molecule has 0 unspecified atom stereocenters. The number of nitrogens with one attached hydrogen (secondary N) is 4. The van der Waals surface area contributed by atoms with E-state index in [2.05, 4.69) is 25.1 Å². The van der Waals surface area contributed by atoms with Crippen molar-refractivity contribution in [1.82, 2.24) is 14.4 Å². The maximum absolute atomic E-state index is 13.7. The minimum Gasteiger partial charge on any atom is -0.475 e. The number of nitrogens with zero attached hydrogens (tertiary/aromatic N) is 1. The predicted molar refractivity (Wildman–Crippen MR) is 135 cm³/mol. The number of hydrogen-bond acceptors (Lipinski definition) is 8. The molecule has 0 fully saturated rings. The van der Waals surface area contributed by atoms with Crippen LogP contribution < -0.4 is 20.1 Å². The van der Waals surface area contributed by atoms with E-state index in [1.165, 1.54) is 56.6 Å². The molecular weight excluding hydrogens is 608 g/mol. The summed E-state index contributed by atoms with van der Waals surface area (Å²) in [6.07, 6.45) is -9.33. The SMILES string of the molecule is CNS(=O)(=O)c1ccccc1Nc1cc(Nc2ccccc2S(=O)(=O)NC)c(C(F)(F)F)cn1.O=C(O)C(F)(F)F. The zero-order valence-corrected chi connectivity index (χ0v) is 22.4. The lowest BCUT2D eigenvalue weighted by Gasteiger charge is -2.18. The van der Waals surface area contributed by atoms with Gasteiger partial charge in [0, 0.05) is 12.3 Å². The number of benzene rings is 2. The van der Waals surface area contributed by atoms with E-state index in [1.54, 1.807) is 6.07 Å². The third-order valence-electron chi connectivity index (χ3n) is 4.87. The van der Waals surface area contributed by atoms with E-state index in [4.69, 9.17) is 9.90 Å². The second-order valence-corrected chi connectivity index (χ2v) is 11.3. The summed E-state index contributed by atoms with van der Waals surface area (Å²) in [5.74, 6) is -2.87. The van der Waals surface area contributed by atoms with Crippen molar-refractivity contribution in [3.63, 3.8) is 0 Å². The molecule has 0 amide bonds. The Hall–Kier alpha value is -3.94. The summed E-state index contributed by atoms with van der Waals surface area (Å²) >= 11 is 0. The summed E-state index contributed by atoms with van der Waals surface area (Å²) in [5, 5.41) is 12.4. The first kappa shape index (κ1) is 33.3. The summed E-state index contributed by atoms with van der Waals surface area (Å²) in [6, 6.07) is 12.2. The van der Waals surface area contributed by atoms with E-state index in [-0.39, 0.29) is 27.0 Å². The number of hydrogen-bond donors (Lipinski definition) is 5. The molecule has 0 aliphatic heterocycles. The van der Waals surface area contributed by atoms with E-state index < -0.39 is 49.6 Å². The molecule has 3 aromatic rings. The maximum atomic E-state index is 13.7. The molecule has 41 heavy (non-hydrogen) atoms. The highest BCUT2D eigenvalue weighted by Crippen LogP contribution is 2.38. The normalized spacial score (nSPS) is 12.2. The van der Waals surface area contributed by atoms with E-state index in [0.717, 1.165) is 6.07 Å². The van der Waals surface area contributed by atoms with Gasteiger partial charge in [0.05, 0.1) is 22.6 Å². The summed E-state index contributed by atoms with van der Waals surface area (Å²) < 4.78 is 126. The number of carbonyl (C=O) groups is 1. The number of aliphatic carboxylic acids is 1. The quantitative estimate of drug-likeness (QED) is 0.231. The summed E-state index contributed by atoms with van der Waals surface area (Å²) in [7, 11) is -5.45. The second kappa shape index (κ2) is 12.7. The van der Waals surface area contributed by atoms with E-state index in [0.29, 0.717) is 6.20 Å². The number of alkyl halides is 6. The smallest absolute Gasteiger partial charge is 0.475 e. The van der Waals surface area contributed by atoms with Gasteiger partial charge in [0.2, 0.25) is 20.0 Å². The van der Waals surface area contributed by atoms with Gasteiger partial charge in [0.15, 0.2) is 0 Å². The molecule has 0 bridgehead atoms. The van der Waals surface area contributed by atoms with Crippen molar-refractivity contribution < 1.29 is 53.1 Å². The highest BCUT2D eigenvalue weighted by Gasteiger charge is 2.38. The Kier molecular flexibility index (Phi) is 10.3. The number of rotatable bonds is 8. The Balaban J connectivity index is 0.000000745. The molecule has 11 nitrogen and oxygen atoms in total. The average Bonchev–Trinajstić information content (AvgIpc) is 2.88. The lowest BCUT2D eigenvalue weighted by molar-refractivity contribution is -0.192. The van der Waals surface area contributed by atoms with Crippen molar-refractivity contribution in [2.45, 2.75) is 22.1 Å². The lowest BCUT2D eigenvalue weighted by atomic mass is 10.2. The molecule has 224 valence electrons. The molecule has 1 heterocycles. The van der Waals surface area contributed by atoms with Crippen LogP contribution in [0.2, 0.25) is 0 Å². The molecular formula is C22H21F6N5O6S2. The van der Waals surface area contributed by atoms with Gasteiger partial charge >= 0.3 is 18.3 Å². The fraction of sp³-hybridized carbons (Fsp3) is 0.182. The van der Waals surface area contributed by atoms with Gasteiger partial charge < -0.3 is 15.7 Å². The van der Waals surface area contributed by atoms with Crippen LogP contribution in [-0.2, 0) is 31.0 Å². The molecule has 0 aliphatic carbocycles. The first-order valence-corrected chi connectivity index (χ1v) is 13.8. The molecule has 0 radical (unpaired) electrons. The number of anilines is 4. The fourth-order valence-electron chi connectivity index (χ4n) is 2.96. The minimum absolute atomic E-state index is 0.0771. The van der Waals surface area contributed by atoms with Crippen molar-refractivity contribution in [2.24, 2.45) is 0 Å². The number of pyridine rings is 1. The Morgan fingerprint density at radius 2 is 1.17 bits per heavy atom. The van der Waals surface area contributed by atoms with Crippen LogP contribution in [0, 0.1) is 0 Å². The van der Waals surface area contributed by atoms with Crippen molar-refractivity contribution in [1.29, 1.82) is 0 Å². The molecule has 1 aromatic heterocycles. The Morgan fingerprint density at radius 3 is 1.56 bits per heavy atom. The first-order valence-electron chi connectivity index (χ1n) is 10.8. The predicted octanol–water partition coefficient (Wildman–Crippen LogP) is 4.04. The van der Waals surface area contributed by atoms with E-state index >= 15 is 0 Å². The maximum Gasteiger partial charge on any atom is 0.490 e. The lowest BCUT2D eigenvalue weighted by Crippen LogP contribution is -2.21. The summed E-state index contributed by atoms with van der Waals surface area (Å²) in [6.45, 7) is 0. The van der Waals surface area contributed by atoms with Gasteiger partial charge in [0.25, 0.3) is 0 Å². The zero-order valence-electron chi connectivity index (χ0n) is 20.8. The Labute approximate surface area is 229 Å². The molecule has 3 rings (SSSR count). The van der Waals surface area contributed by atoms with Crippen LogP contribution in [0.15, 0.2) is 70.6 Å². The van der Waals surface area contributed by atoms with Crippen molar-refractivity contribution in [3.05, 3.63) is 66.4 Å². The second-order valence-electron chi connectivity index (χ2n) is 7.57. The van der Waals surface area contributed by atoms with E-state index in [1.807, 2.05) is 0 Å². The van der Waals surface area contributed by atoms with Crippen molar-refractivity contribution in [3.8, 4) is 0 Å². The largest absolute Gasteiger partial charge is 0.490 e. The molecule has 19 heteroatoms. The van der Waals surface area contributed by atoms with Gasteiger partial charge in [-0.05, 0) is 38.4 Å². The number of para-hydroxylation sites is 2. The zero-order chi connectivity index (χ0) is 31.2. The molecule has 0 saturated heterocycles. The number of aromatic nitrogens is 1. The van der Waals surface area contributed by atoms with Gasteiger partial charge in [-0.1, -0.05) is 24.3 Å². The van der Waals surface area contributed by atoms with Gasteiger partial charge in [-0.3, -0.25) is 0 Å². The number of halogens is 6. The Bertz CT molecular complexity index is 1610. The van der Waals surface area contributed by atoms with Crippen LogP contribution in [0.25, 0.3) is 0 Å². The van der Waals surface area contributed by atoms with Gasteiger partial charge in [0.1, 0.15) is 15.6 Å². The summed E-state index contributed by atoms with van der Waals surface area (Å²) in [5.41, 5.74) is -1.66. The topological polar surface area (TPSA) is 167 Å². The van der Waals surface area contributed by atoms with Crippen LogP contribution in [0.3, 0.4) is 0 Å². The molecule has 5 N–H and O–H groups in total. The third-order valence-corrected chi connectivity index (χ3v) is 7.82.